The number of thiazole rings is 1. The van der Waals surface area contributed by atoms with Crippen LogP contribution in [0.5, 0.6) is 0 Å². The average molecular weight is 237 g/mol. The highest BCUT2D eigenvalue weighted by Crippen LogP contribution is 2.12. The number of aromatic nitrogens is 1. The maximum atomic E-state index is 12.7. The molecule has 1 unspecified atom stereocenters. The lowest BCUT2D eigenvalue weighted by Gasteiger charge is -2.08. The third-order valence-corrected chi connectivity index (χ3v) is 3.11. The number of rotatable bonds is 4. The van der Waals surface area contributed by atoms with Crippen LogP contribution in [0.3, 0.4) is 0 Å². The van der Waals surface area contributed by atoms with E-state index in [0.717, 1.165) is 10.4 Å². The van der Waals surface area contributed by atoms with Crippen molar-refractivity contribution >= 4 is 11.3 Å². The van der Waals surface area contributed by atoms with Gasteiger partial charge in [0.25, 0.3) is 0 Å². The maximum Gasteiger partial charge on any atom is 0.123 e. The standard InChI is InChI=1S/C12H12FNOS/c13-10-3-1-9(2-4-10)5-11(15)6-12-7-14-8-16-12/h1-4,7-8,11,15H,5-6H2. The largest absolute Gasteiger partial charge is 0.392 e. The molecule has 84 valence electrons. The summed E-state index contributed by atoms with van der Waals surface area (Å²) in [6.07, 6.45) is 2.46. The van der Waals surface area contributed by atoms with Gasteiger partial charge in [-0.2, -0.15) is 0 Å². The molecule has 0 saturated carbocycles. The second-order valence-corrected chi connectivity index (χ2v) is 4.63. The van der Waals surface area contributed by atoms with Crippen molar-refractivity contribution in [2.24, 2.45) is 0 Å². The van der Waals surface area contributed by atoms with Crippen LogP contribution in [-0.2, 0) is 12.8 Å². The van der Waals surface area contributed by atoms with Gasteiger partial charge in [-0.3, -0.25) is 4.98 Å². The van der Waals surface area contributed by atoms with Gasteiger partial charge in [0.05, 0.1) is 11.6 Å². The number of aliphatic hydroxyl groups is 1. The molecule has 1 aromatic heterocycles. The molecule has 1 atom stereocenters. The predicted octanol–water partition coefficient (Wildman–Crippen LogP) is 2.43. The first-order valence-corrected chi connectivity index (χ1v) is 5.92. The van der Waals surface area contributed by atoms with Crippen molar-refractivity contribution in [1.82, 2.24) is 4.98 Å². The third-order valence-electron chi connectivity index (χ3n) is 2.30. The molecule has 4 heteroatoms. The fourth-order valence-electron chi connectivity index (χ4n) is 1.54. The number of hydrogen-bond donors (Lipinski definition) is 1. The van der Waals surface area contributed by atoms with Crippen molar-refractivity contribution in [3.63, 3.8) is 0 Å². The summed E-state index contributed by atoms with van der Waals surface area (Å²) in [5.74, 6) is -0.249. The molecule has 0 saturated heterocycles. The summed E-state index contributed by atoms with van der Waals surface area (Å²) in [7, 11) is 0. The van der Waals surface area contributed by atoms with Crippen molar-refractivity contribution in [3.8, 4) is 0 Å². The monoisotopic (exact) mass is 237 g/mol. The van der Waals surface area contributed by atoms with Crippen molar-refractivity contribution in [1.29, 1.82) is 0 Å². The van der Waals surface area contributed by atoms with E-state index in [-0.39, 0.29) is 5.82 Å². The third kappa shape index (κ3) is 3.12. The van der Waals surface area contributed by atoms with E-state index in [1.54, 1.807) is 23.8 Å². The van der Waals surface area contributed by atoms with Gasteiger partial charge in [-0.05, 0) is 24.1 Å². The Kier molecular flexibility index (Phi) is 3.64. The quantitative estimate of drug-likeness (QED) is 0.886. The molecule has 16 heavy (non-hydrogen) atoms. The van der Waals surface area contributed by atoms with E-state index in [4.69, 9.17) is 0 Å². The van der Waals surface area contributed by atoms with E-state index < -0.39 is 6.10 Å². The molecule has 0 aliphatic heterocycles. The van der Waals surface area contributed by atoms with Gasteiger partial charge in [0, 0.05) is 17.5 Å². The Bertz CT molecular complexity index is 427. The topological polar surface area (TPSA) is 33.1 Å². The lowest BCUT2D eigenvalue weighted by Crippen LogP contribution is -2.13. The van der Waals surface area contributed by atoms with Crippen LogP contribution in [0.25, 0.3) is 0 Å². The van der Waals surface area contributed by atoms with Gasteiger partial charge in [-0.15, -0.1) is 11.3 Å². The molecule has 1 aromatic carbocycles. The van der Waals surface area contributed by atoms with E-state index >= 15 is 0 Å². The molecule has 0 amide bonds. The lowest BCUT2D eigenvalue weighted by atomic mass is 10.1. The summed E-state index contributed by atoms with van der Waals surface area (Å²) in [6.45, 7) is 0. The second kappa shape index (κ2) is 5.18. The van der Waals surface area contributed by atoms with Crippen LogP contribution >= 0.6 is 11.3 Å². The summed E-state index contributed by atoms with van der Waals surface area (Å²) < 4.78 is 12.7. The fraction of sp³-hybridized carbons (Fsp3) is 0.250. The predicted molar refractivity (Wildman–Crippen MR) is 61.9 cm³/mol. The molecule has 0 aliphatic rings. The van der Waals surface area contributed by atoms with Gasteiger partial charge in [0.1, 0.15) is 5.82 Å². The minimum Gasteiger partial charge on any atom is -0.392 e. The Hall–Kier alpha value is -1.26. The molecule has 0 spiro atoms. The van der Waals surface area contributed by atoms with Gasteiger partial charge in [0.2, 0.25) is 0 Å². The molecule has 0 aliphatic carbocycles. The van der Waals surface area contributed by atoms with E-state index in [2.05, 4.69) is 4.98 Å². The number of nitrogens with zero attached hydrogens (tertiary/aromatic N) is 1. The zero-order valence-corrected chi connectivity index (χ0v) is 9.45. The Morgan fingerprint density at radius 2 is 2.00 bits per heavy atom. The zero-order chi connectivity index (χ0) is 11.4. The van der Waals surface area contributed by atoms with Crippen LogP contribution in [0.1, 0.15) is 10.4 Å². The zero-order valence-electron chi connectivity index (χ0n) is 8.64. The SMILES string of the molecule is OC(Cc1ccc(F)cc1)Cc1cncs1. The average Bonchev–Trinajstić information content (AvgIpc) is 2.74. The summed E-state index contributed by atoms with van der Waals surface area (Å²) in [6, 6.07) is 6.22. The van der Waals surface area contributed by atoms with Crippen molar-refractivity contribution in [2.45, 2.75) is 18.9 Å². The van der Waals surface area contributed by atoms with E-state index in [9.17, 15) is 9.50 Å². The molecule has 0 fully saturated rings. The molecule has 1 heterocycles. The van der Waals surface area contributed by atoms with Crippen LogP contribution in [0.4, 0.5) is 4.39 Å². The molecule has 0 bridgehead atoms. The fourth-order valence-corrected chi connectivity index (χ4v) is 2.21. The van der Waals surface area contributed by atoms with Crippen molar-refractivity contribution in [2.75, 3.05) is 0 Å². The molecule has 2 aromatic rings. The molecule has 2 nitrogen and oxygen atoms in total. The number of benzene rings is 1. The maximum absolute atomic E-state index is 12.7. The second-order valence-electron chi connectivity index (χ2n) is 3.66. The lowest BCUT2D eigenvalue weighted by molar-refractivity contribution is 0.176. The van der Waals surface area contributed by atoms with E-state index in [1.165, 1.54) is 23.5 Å². The highest BCUT2D eigenvalue weighted by atomic mass is 32.1. The van der Waals surface area contributed by atoms with Crippen LogP contribution < -0.4 is 0 Å². The first-order chi connectivity index (χ1) is 7.74. The summed E-state index contributed by atoms with van der Waals surface area (Å²) in [4.78, 5) is 5.02. The van der Waals surface area contributed by atoms with Crippen LogP contribution in [-0.4, -0.2) is 16.2 Å². The normalized spacial score (nSPS) is 12.6. The Morgan fingerprint density at radius 3 is 2.62 bits per heavy atom. The van der Waals surface area contributed by atoms with Crippen molar-refractivity contribution in [3.05, 3.63) is 52.2 Å². The molecular weight excluding hydrogens is 225 g/mol. The Balaban J connectivity index is 1.92. The van der Waals surface area contributed by atoms with Gasteiger partial charge in [0.15, 0.2) is 0 Å². The van der Waals surface area contributed by atoms with E-state index in [0.29, 0.717) is 12.8 Å². The molecule has 0 radical (unpaired) electrons. The van der Waals surface area contributed by atoms with Gasteiger partial charge >= 0.3 is 0 Å². The summed E-state index contributed by atoms with van der Waals surface area (Å²) >= 11 is 1.53. The molecule has 1 N–H and O–H groups in total. The Labute approximate surface area is 97.4 Å². The molecular formula is C12H12FNOS. The minimum absolute atomic E-state index is 0.249. The minimum atomic E-state index is -0.439. The number of halogens is 1. The van der Waals surface area contributed by atoms with E-state index in [1.807, 2.05) is 0 Å². The highest BCUT2D eigenvalue weighted by Gasteiger charge is 2.08. The Morgan fingerprint density at radius 1 is 1.25 bits per heavy atom. The first kappa shape index (κ1) is 11.2. The smallest absolute Gasteiger partial charge is 0.123 e. The van der Waals surface area contributed by atoms with Gasteiger partial charge in [-0.1, -0.05) is 12.1 Å². The van der Waals surface area contributed by atoms with Crippen molar-refractivity contribution < 1.29 is 9.50 Å². The molecule has 2 rings (SSSR count). The van der Waals surface area contributed by atoms with Gasteiger partial charge < -0.3 is 5.11 Å². The van der Waals surface area contributed by atoms with Crippen LogP contribution in [0.2, 0.25) is 0 Å². The number of hydrogen-bond acceptors (Lipinski definition) is 3. The van der Waals surface area contributed by atoms with Crippen LogP contribution in [0, 0.1) is 5.82 Å². The number of aliphatic hydroxyl groups excluding tert-OH is 1. The first-order valence-electron chi connectivity index (χ1n) is 5.04. The summed E-state index contributed by atoms with van der Waals surface area (Å²) in [5, 5.41) is 9.83. The summed E-state index contributed by atoms with van der Waals surface area (Å²) in [5.41, 5.74) is 2.69. The highest BCUT2D eigenvalue weighted by molar-refractivity contribution is 7.09. The van der Waals surface area contributed by atoms with Gasteiger partial charge in [-0.25, -0.2) is 4.39 Å². The van der Waals surface area contributed by atoms with Crippen LogP contribution in [0.15, 0.2) is 36.0 Å².